The van der Waals surface area contributed by atoms with Gasteiger partial charge in [-0.3, -0.25) is 4.79 Å². The monoisotopic (exact) mass is 278 g/mol. The molecule has 1 amide bonds. The number of H-pyrrole nitrogens is 1. The number of hydrogen-bond donors (Lipinski definition) is 1. The third-order valence-corrected chi connectivity index (χ3v) is 3.69. The van der Waals surface area contributed by atoms with E-state index in [1.54, 1.807) is 0 Å². The molecule has 1 N–H and O–H groups in total. The summed E-state index contributed by atoms with van der Waals surface area (Å²) in [5, 5.41) is 1.12. The van der Waals surface area contributed by atoms with Crippen molar-refractivity contribution in [1.82, 2.24) is 9.88 Å². The third kappa shape index (κ3) is 2.82. The molecule has 0 saturated carbocycles. The number of amides is 1. The van der Waals surface area contributed by atoms with Crippen molar-refractivity contribution >= 4 is 16.8 Å². The largest absolute Gasteiger partial charge is 0.361 e. The molecule has 1 heterocycles. The van der Waals surface area contributed by atoms with Crippen LogP contribution in [0.2, 0.25) is 0 Å². The molecule has 0 aliphatic carbocycles. The summed E-state index contributed by atoms with van der Waals surface area (Å²) in [6, 6.07) is 17.9. The lowest BCUT2D eigenvalue weighted by Gasteiger charge is -2.21. The molecule has 0 atom stereocenters. The van der Waals surface area contributed by atoms with Crippen molar-refractivity contribution in [3.05, 3.63) is 71.9 Å². The number of fused-ring (bicyclic) bond motifs is 1. The van der Waals surface area contributed by atoms with Crippen LogP contribution in [0, 0.1) is 0 Å². The van der Waals surface area contributed by atoms with Crippen molar-refractivity contribution < 1.29 is 4.79 Å². The van der Waals surface area contributed by atoms with Crippen LogP contribution in [-0.2, 0) is 6.54 Å². The van der Waals surface area contributed by atoms with E-state index in [1.165, 1.54) is 0 Å². The summed E-state index contributed by atoms with van der Waals surface area (Å²) in [6.45, 7) is 3.34. The van der Waals surface area contributed by atoms with Crippen LogP contribution in [0.3, 0.4) is 0 Å². The average molecular weight is 278 g/mol. The zero-order chi connectivity index (χ0) is 14.7. The van der Waals surface area contributed by atoms with Gasteiger partial charge in [-0.1, -0.05) is 36.4 Å². The van der Waals surface area contributed by atoms with E-state index in [2.05, 4.69) is 4.98 Å². The number of hydrogen-bond acceptors (Lipinski definition) is 1. The first-order valence-electron chi connectivity index (χ1n) is 7.18. The molecular weight excluding hydrogens is 260 g/mol. The number of nitrogens with zero attached hydrogens (tertiary/aromatic N) is 1. The van der Waals surface area contributed by atoms with Gasteiger partial charge in [0, 0.05) is 30.4 Å². The maximum absolute atomic E-state index is 12.7. The molecule has 3 nitrogen and oxygen atoms in total. The van der Waals surface area contributed by atoms with E-state index in [-0.39, 0.29) is 5.91 Å². The molecule has 21 heavy (non-hydrogen) atoms. The third-order valence-electron chi connectivity index (χ3n) is 3.69. The summed E-state index contributed by atoms with van der Waals surface area (Å²) >= 11 is 0. The van der Waals surface area contributed by atoms with Gasteiger partial charge in [0.1, 0.15) is 0 Å². The number of carbonyl (C=O) groups excluding carboxylic acids is 1. The summed E-state index contributed by atoms with van der Waals surface area (Å²) in [7, 11) is 0. The van der Waals surface area contributed by atoms with Crippen molar-refractivity contribution in [3.8, 4) is 0 Å². The Balaban J connectivity index is 1.84. The van der Waals surface area contributed by atoms with Gasteiger partial charge in [0.05, 0.1) is 0 Å². The summed E-state index contributed by atoms with van der Waals surface area (Å²) in [4.78, 5) is 17.7. The maximum atomic E-state index is 12.7. The molecule has 3 rings (SSSR count). The lowest BCUT2D eigenvalue weighted by atomic mass is 10.1. The molecule has 0 fully saturated rings. The molecule has 0 aliphatic rings. The van der Waals surface area contributed by atoms with E-state index in [9.17, 15) is 4.79 Å². The van der Waals surface area contributed by atoms with Gasteiger partial charge in [-0.25, -0.2) is 0 Å². The van der Waals surface area contributed by atoms with Gasteiger partial charge in [-0.05, 0) is 36.1 Å². The molecule has 0 spiro atoms. The second-order valence-electron chi connectivity index (χ2n) is 5.08. The van der Waals surface area contributed by atoms with Crippen LogP contribution in [0.5, 0.6) is 0 Å². The molecule has 2 aromatic carbocycles. The van der Waals surface area contributed by atoms with Crippen LogP contribution in [0.1, 0.15) is 22.8 Å². The molecule has 106 valence electrons. The molecule has 1 aromatic heterocycles. The number of nitrogens with one attached hydrogen (secondary N) is 1. The van der Waals surface area contributed by atoms with Gasteiger partial charge in [0.25, 0.3) is 5.91 Å². The first kappa shape index (κ1) is 13.4. The van der Waals surface area contributed by atoms with Gasteiger partial charge in [-0.15, -0.1) is 0 Å². The highest BCUT2D eigenvalue weighted by Gasteiger charge is 2.15. The van der Waals surface area contributed by atoms with E-state index >= 15 is 0 Å². The van der Waals surface area contributed by atoms with Crippen molar-refractivity contribution in [2.45, 2.75) is 13.5 Å². The minimum absolute atomic E-state index is 0.0675. The van der Waals surface area contributed by atoms with E-state index in [0.717, 1.165) is 22.0 Å². The van der Waals surface area contributed by atoms with Gasteiger partial charge < -0.3 is 9.88 Å². The highest BCUT2D eigenvalue weighted by molar-refractivity contribution is 5.97. The first-order valence-corrected chi connectivity index (χ1v) is 7.18. The van der Waals surface area contributed by atoms with Gasteiger partial charge >= 0.3 is 0 Å². The van der Waals surface area contributed by atoms with Gasteiger partial charge in [-0.2, -0.15) is 0 Å². The highest BCUT2D eigenvalue weighted by atomic mass is 16.2. The predicted molar refractivity (Wildman–Crippen MR) is 85.2 cm³/mol. The molecule has 3 aromatic rings. The Kier molecular flexibility index (Phi) is 3.73. The van der Waals surface area contributed by atoms with Crippen LogP contribution >= 0.6 is 0 Å². The lowest BCUT2D eigenvalue weighted by molar-refractivity contribution is 0.0752. The first-order chi connectivity index (χ1) is 10.3. The molecule has 0 aliphatic heterocycles. The van der Waals surface area contributed by atoms with Crippen LogP contribution in [0.15, 0.2) is 60.8 Å². The second-order valence-corrected chi connectivity index (χ2v) is 5.08. The Morgan fingerprint density at radius 1 is 1.10 bits per heavy atom. The fourth-order valence-corrected chi connectivity index (χ4v) is 2.49. The molecule has 0 bridgehead atoms. The molecular formula is C18H18N2O. The lowest BCUT2D eigenvalue weighted by Crippen LogP contribution is -2.30. The van der Waals surface area contributed by atoms with E-state index in [0.29, 0.717) is 13.1 Å². The quantitative estimate of drug-likeness (QED) is 0.773. The maximum Gasteiger partial charge on any atom is 0.254 e. The molecule has 0 saturated heterocycles. The number of aromatic nitrogens is 1. The van der Waals surface area contributed by atoms with E-state index in [1.807, 2.05) is 72.6 Å². The number of benzene rings is 2. The Bertz CT molecular complexity index is 746. The summed E-state index contributed by atoms with van der Waals surface area (Å²) in [6.07, 6.45) is 1.89. The summed E-state index contributed by atoms with van der Waals surface area (Å²) < 4.78 is 0. The Morgan fingerprint density at radius 3 is 2.67 bits per heavy atom. The number of carbonyl (C=O) groups is 1. The standard InChI is InChI=1S/C18H18N2O/c1-2-20(13-14-6-4-3-5-7-14)18(21)16-9-8-15-10-11-19-17(15)12-16/h3-12,19H,2,13H2,1H3. The van der Waals surface area contributed by atoms with E-state index < -0.39 is 0 Å². The van der Waals surface area contributed by atoms with Crippen molar-refractivity contribution in [2.75, 3.05) is 6.54 Å². The molecule has 0 unspecified atom stereocenters. The minimum atomic E-state index is 0.0675. The van der Waals surface area contributed by atoms with Crippen LogP contribution in [-0.4, -0.2) is 22.3 Å². The molecule has 3 heteroatoms. The summed E-state index contributed by atoms with van der Waals surface area (Å²) in [5.41, 5.74) is 2.87. The van der Waals surface area contributed by atoms with Crippen LogP contribution < -0.4 is 0 Å². The Hall–Kier alpha value is -2.55. The Morgan fingerprint density at radius 2 is 1.90 bits per heavy atom. The Labute approximate surface area is 124 Å². The van der Waals surface area contributed by atoms with Crippen molar-refractivity contribution in [1.29, 1.82) is 0 Å². The van der Waals surface area contributed by atoms with Gasteiger partial charge in [0.15, 0.2) is 0 Å². The SMILES string of the molecule is CCN(Cc1ccccc1)C(=O)c1ccc2cc[nH]c2c1. The fourth-order valence-electron chi connectivity index (χ4n) is 2.49. The average Bonchev–Trinajstić information content (AvgIpc) is 3.00. The number of rotatable bonds is 4. The summed E-state index contributed by atoms with van der Waals surface area (Å²) in [5.74, 6) is 0.0675. The van der Waals surface area contributed by atoms with Crippen LogP contribution in [0.25, 0.3) is 10.9 Å². The zero-order valence-corrected chi connectivity index (χ0v) is 12.0. The molecule has 0 radical (unpaired) electrons. The van der Waals surface area contributed by atoms with E-state index in [4.69, 9.17) is 0 Å². The van der Waals surface area contributed by atoms with Crippen LogP contribution in [0.4, 0.5) is 0 Å². The highest BCUT2D eigenvalue weighted by Crippen LogP contribution is 2.16. The predicted octanol–water partition coefficient (Wildman–Crippen LogP) is 3.83. The topological polar surface area (TPSA) is 36.1 Å². The normalized spacial score (nSPS) is 10.7. The second kappa shape index (κ2) is 5.83. The fraction of sp³-hybridized carbons (Fsp3) is 0.167. The number of aromatic amines is 1. The van der Waals surface area contributed by atoms with Crippen molar-refractivity contribution in [3.63, 3.8) is 0 Å². The van der Waals surface area contributed by atoms with Crippen molar-refractivity contribution in [2.24, 2.45) is 0 Å². The zero-order valence-electron chi connectivity index (χ0n) is 12.0. The minimum Gasteiger partial charge on any atom is -0.361 e. The smallest absolute Gasteiger partial charge is 0.254 e. The van der Waals surface area contributed by atoms with Gasteiger partial charge in [0.2, 0.25) is 0 Å².